The molecule has 1 fully saturated rings. The minimum Gasteiger partial charge on any atom is -0.376 e. The van der Waals surface area contributed by atoms with Gasteiger partial charge >= 0.3 is 0 Å². The van der Waals surface area contributed by atoms with Crippen molar-refractivity contribution in [1.29, 1.82) is 0 Å². The molecule has 6 heteroatoms. The molecular formula is C15H19ClN2O3. The van der Waals surface area contributed by atoms with Gasteiger partial charge in [0.25, 0.3) is 5.91 Å². The van der Waals surface area contributed by atoms with Gasteiger partial charge in [0, 0.05) is 36.7 Å². The summed E-state index contributed by atoms with van der Waals surface area (Å²) >= 11 is 5.76. The van der Waals surface area contributed by atoms with Crippen LogP contribution in [-0.4, -0.2) is 37.6 Å². The number of amides is 2. The zero-order valence-electron chi connectivity index (χ0n) is 11.7. The largest absolute Gasteiger partial charge is 0.376 e. The summed E-state index contributed by atoms with van der Waals surface area (Å²) in [7, 11) is 0. The fourth-order valence-corrected chi connectivity index (χ4v) is 2.24. The molecule has 1 atom stereocenters. The van der Waals surface area contributed by atoms with E-state index in [1.165, 1.54) is 0 Å². The van der Waals surface area contributed by atoms with Crippen molar-refractivity contribution >= 4 is 23.4 Å². The van der Waals surface area contributed by atoms with Crippen molar-refractivity contribution in [3.05, 3.63) is 34.9 Å². The lowest BCUT2D eigenvalue weighted by atomic mass is 10.2. The number of nitrogens with one attached hydrogen (secondary N) is 2. The third kappa shape index (κ3) is 5.36. The Hall–Kier alpha value is -1.59. The van der Waals surface area contributed by atoms with Crippen LogP contribution in [0.3, 0.4) is 0 Å². The van der Waals surface area contributed by atoms with E-state index in [1.54, 1.807) is 24.3 Å². The maximum absolute atomic E-state index is 11.8. The number of carbonyl (C=O) groups excluding carboxylic acids is 2. The first kappa shape index (κ1) is 15.8. The summed E-state index contributed by atoms with van der Waals surface area (Å²) < 4.78 is 5.42. The lowest BCUT2D eigenvalue weighted by Gasteiger charge is -2.11. The number of rotatable bonds is 6. The Balaban J connectivity index is 1.62. The van der Waals surface area contributed by atoms with Crippen LogP contribution in [0.4, 0.5) is 0 Å². The lowest BCUT2D eigenvalue weighted by Crippen LogP contribution is -2.34. The SMILES string of the molecule is O=C(CCNC(=O)c1ccc(Cl)cc1)NCC1CCCO1. The molecule has 0 aromatic heterocycles. The summed E-state index contributed by atoms with van der Waals surface area (Å²) in [4.78, 5) is 23.4. The average Bonchev–Trinajstić information content (AvgIpc) is 2.99. The van der Waals surface area contributed by atoms with E-state index in [0.29, 0.717) is 23.7 Å². The van der Waals surface area contributed by atoms with Gasteiger partial charge < -0.3 is 15.4 Å². The molecule has 1 heterocycles. The molecular weight excluding hydrogens is 292 g/mol. The second kappa shape index (κ2) is 8.00. The third-order valence-corrected chi connectivity index (χ3v) is 3.55. The van der Waals surface area contributed by atoms with Crippen LogP contribution in [0.15, 0.2) is 24.3 Å². The minimum absolute atomic E-state index is 0.0816. The number of ether oxygens (including phenoxy) is 1. The quantitative estimate of drug-likeness (QED) is 0.841. The van der Waals surface area contributed by atoms with Crippen LogP contribution in [0.1, 0.15) is 29.6 Å². The van der Waals surface area contributed by atoms with E-state index in [1.807, 2.05) is 0 Å². The predicted octanol–water partition coefficient (Wildman–Crippen LogP) is 1.76. The maximum atomic E-state index is 11.8. The average molecular weight is 311 g/mol. The highest BCUT2D eigenvalue weighted by atomic mass is 35.5. The Morgan fingerprint density at radius 2 is 2.00 bits per heavy atom. The topological polar surface area (TPSA) is 67.4 Å². The Morgan fingerprint density at radius 3 is 2.67 bits per heavy atom. The first-order valence-electron chi connectivity index (χ1n) is 7.07. The van der Waals surface area contributed by atoms with Crippen molar-refractivity contribution in [2.45, 2.75) is 25.4 Å². The second-order valence-electron chi connectivity index (χ2n) is 4.95. The van der Waals surface area contributed by atoms with Gasteiger partial charge in [0.2, 0.25) is 5.91 Å². The summed E-state index contributed by atoms with van der Waals surface area (Å²) in [5, 5.41) is 6.10. The van der Waals surface area contributed by atoms with Crippen LogP contribution < -0.4 is 10.6 Å². The van der Waals surface area contributed by atoms with E-state index < -0.39 is 0 Å². The molecule has 1 aromatic carbocycles. The number of carbonyl (C=O) groups is 2. The molecule has 0 bridgehead atoms. The van der Waals surface area contributed by atoms with Gasteiger partial charge in [0.1, 0.15) is 0 Å². The van der Waals surface area contributed by atoms with Gasteiger partial charge in [-0.1, -0.05) is 11.6 Å². The van der Waals surface area contributed by atoms with Crippen LogP contribution in [0.2, 0.25) is 5.02 Å². The van der Waals surface area contributed by atoms with E-state index in [0.717, 1.165) is 19.4 Å². The van der Waals surface area contributed by atoms with Crippen molar-refractivity contribution in [1.82, 2.24) is 10.6 Å². The van der Waals surface area contributed by atoms with Crippen molar-refractivity contribution < 1.29 is 14.3 Å². The highest BCUT2D eigenvalue weighted by Gasteiger charge is 2.16. The molecule has 0 saturated carbocycles. The predicted molar refractivity (Wildman–Crippen MR) is 80.4 cm³/mol. The highest BCUT2D eigenvalue weighted by Crippen LogP contribution is 2.10. The van der Waals surface area contributed by atoms with E-state index in [4.69, 9.17) is 16.3 Å². The number of halogens is 1. The smallest absolute Gasteiger partial charge is 0.251 e. The van der Waals surface area contributed by atoms with Gasteiger partial charge in [0.15, 0.2) is 0 Å². The lowest BCUT2D eigenvalue weighted by molar-refractivity contribution is -0.121. The Morgan fingerprint density at radius 1 is 1.24 bits per heavy atom. The first-order chi connectivity index (χ1) is 10.1. The third-order valence-electron chi connectivity index (χ3n) is 3.29. The molecule has 2 N–H and O–H groups in total. The fraction of sp³-hybridized carbons (Fsp3) is 0.467. The number of hydrogen-bond donors (Lipinski definition) is 2. The van der Waals surface area contributed by atoms with Crippen LogP contribution in [0.5, 0.6) is 0 Å². The minimum atomic E-state index is -0.210. The van der Waals surface area contributed by atoms with Crippen LogP contribution in [0, 0.1) is 0 Å². The van der Waals surface area contributed by atoms with Crippen molar-refractivity contribution in [2.75, 3.05) is 19.7 Å². The van der Waals surface area contributed by atoms with Gasteiger partial charge in [-0.15, -0.1) is 0 Å². The summed E-state index contributed by atoms with van der Waals surface area (Å²) in [5.74, 6) is -0.291. The molecule has 1 aliphatic rings. The van der Waals surface area contributed by atoms with Gasteiger partial charge in [-0.2, -0.15) is 0 Å². The maximum Gasteiger partial charge on any atom is 0.251 e. The second-order valence-corrected chi connectivity index (χ2v) is 5.39. The van der Waals surface area contributed by atoms with Crippen molar-refractivity contribution in [3.8, 4) is 0 Å². The molecule has 1 aliphatic heterocycles. The van der Waals surface area contributed by atoms with Crippen LogP contribution in [0.25, 0.3) is 0 Å². The summed E-state index contributed by atoms with van der Waals surface area (Å²) in [6.45, 7) is 1.63. The Bertz CT molecular complexity index is 484. The van der Waals surface area contributed by atoms with Crippen LogP contribution >= 0.6 is 11.6 Å². The van der Waals surface area contributed by atoms with Gasteiger partial charge in [-0.25, -0.2) is 0 Å². The Labute approximate surface area is 129 Å². The molecule has 0 spiro atoms. The standard InChI is InChI=1S/C15H19ClN2O3/c16-12-5-3-11(4-6-12)15(20)17-8-7-14(19)18-10-13-2-1-9-21-13/h3-6,13H,1-2,7-10H2,(H,17,20)(H,18,19). The van der Waals surface area contributed by atoms with E-state index in [9.17, 15) is 9.59 Å². The molecule has 2 amide bonds. The van der Waals surface area contributed by atoms with E-state index >= 15 is 0 Å². The van der Waals surface area contributed by atoms with Crippen molar-refractivity contribution in [2.24, 2.45) is 0 Å². The zero-order valence-corrected chi connectivity index (χ0v) is 12.5. The summed E-state index contributed by atoms with van der Waals surface area (Å²) in [5.41, 5.74) is 0.527. The molecule has 1 aromatic rings. The van der Waals surface area contributed by atoms with Crippen molar-refractivity contribution in [3.63, 3.8) is 0 Å². The molecule has 2 rings (SSSR count). The van der Waals surface area contributed by atoms with Crippen LogP contribution in [-0.2, 0) is 9.53 Å². The summed E-state index contributed by atoms with van der Waals surface area (Å²) in [6.07, 6.45) is 2.44. The molecule has 21 heavy (non-hydrogen) atoms. The zero-order chi connectivity index (χ0) is 15.1. The normalized spacial score (nSPS) is 17.5. The highest BCUT2D eigenvalue weighted by molar-refractivity contribution is 6.30. The Kier molecular flexibility index (Phi) is 6.02. The molecule has 0 radical (unpaired) electrons. The molecule has 5 nitrogen and oxygen atoms in total. The fourth-order valence-electron chi connectivity index (χ4n) is 2.11. The molecule has 0 aliphatic carbocycles. The van der Waals surface area contributed by atoms with Gasteiger partial charge in [0.05, 0.1) is 6.10 Å². The summed E-state index contributed by atoms with van der Waals surface area (Å²) in [6, 6.07) is 6.61. The monoisotopic (exact) mass is 310 g/mol. The van der Waals surface area contributed by atoms with Gasteiger partial charge in [-0.3, -0.25) is 9.59 Å². The van der Waals surface area contributed by atoms with E-state index in [-0.39, 0.29) is 24.3 Å². The molecule has 1 unspecified atom stereocenters. The first-order valence-corrected chi connectivity index (χ1v) is 7.45. The van der Waals surface area contributed by atoms with Gasteiger partial charge in [-0.05, 0) is 37.1 Å². The molecule has 1 saturated heterocycles. The van der Waals surface area contributed by atoms with E-state index in [2.05, 4.69) is 10.6 Å². The number of benzene rings is 1. The molecule has 114 valence electrons. The number of hydrogen-bond acceptors (Lipinski definition) is 3.